The number of sulfonamides is 1. The highest BCUT2D eigenvalue weighted by Gasteiger charge is 2.16. The first-order chi connectivity index (χ1) is 12.0. The van der Waals surface area contributed by atoms with Crippen LogP contribution in [-0.2, 0) is 16.4 Å². The fourth-order valence-corrected chi connectivity index (χ4v) is 3.76. The molecule has 5 nitrogen and oxygen atoms in total. The summed E-state index contributed by atoms with van der Waals surface area (Å²) >= 11 is 1.66. The molecule has 0 unspecified atom stereocenters. The molecule has 0 saturated heterocycles. The van der Waals surface area contributed by atoms with Gasteiger partial charge in [0.05, 0.1) is 6.04 Å². The summed E-state index contributed by atoms with van der Waals surface area (Å²) in [6.45, 7) is 2.13. The molecule has 1 aromatic carbocycles. The van der Waals surface area contributed by atoms with Gasteiger partial charge in [-0.1, -0.05) is 37.3 Å². The molecule has 3 aromatic rings. The first kappa shape index (κ1) is 17.6. The van der Waals surface area contributed by atoms with E-state index in [1.807, 2.05) is 11.4 Å². The van der Waals surface area contributed by atoms with Crippen LogP contribution in [0.25, 0.3) is 0 Å². The predicted octanol–water partition coefficient (Wildman–Crippen LogP) is 3.55. The van der Waals surface area contributed by atoms with Crippen molar-refractivity contribution in [2.75, 3.05) is 5.32 Å². The van der Waals surface area contributed by atoms with Gasteiger partial charge >= 0.3 is 0 Å². The molecule has 0 radical (unpaired) electrons. The highest BCUT2D eigenvalue weighted by molar-refractivity contribution is 7.89. The molecule has 25 heavy (non-hydrogen) atoms. The summed E-state index contributed by atoms with van der Waals surface area (Å²) in [6.07, 6.45) is 2.26. The number of benzene rings is 1. The van der Waals surface area contributed by atoms with Crippen LogP contribution in [0.5, 0.6) is 0 Å². The minimum absolute atomic E-state index is 0.00183. The lowest BCUT2D eigenvalue weighted by Gasteiger charge is -2.19. The van der Waals surface area contributed by atoms with Gasteiger partial charge in [-0.3, -0.25) is 0 Å². The van der Waals surface area contributed by atoms with Crippen LogP contribution >= 0.6 is 11.3 Å². The maximum absolute atomic E-state index is 11.4. The number of nitrogens with zero attached hydrogens (tertiary/aromatic N) is 1. The van der Waals surface area contributed by atoms with Crippen LogP contribution in [0.15, 0.2) is 65.0 Å². The van der Waals surface area contributed by atoms with E-state index in [0.29, 0.717) is 5.82 Å². The Morgan fingerprint density at radius 3 is 2.44 bits per heavy atom. The molecule has 0 aliphatic rings. The molecule has 1 atom stereocenters. The van der Waals surface area contributed by atoms with Gasteiger partial charge in [0, 0.05) is 11.1 Å². The molecule has 7 heteroatoms. The van der Waals surface area contributed by atoms with Crippen LogP contribution in [0.4, 0.5) is 5.82 Å². The molecule has 0 amide bonds. The number of nitrogens with two attached hydrogens (primary N) is 1. The number of primary sulfonamides is 1. The molecule has 2 heterocycles. The van der Waals surface area contributed by atoms with Crippen molar-refractivity contribution in [2.24, 2.45) is 5.14 Å². The number of aryl methyl sites for hydroxylation is 1. The average molecular weight is 374 g/mol. The van der Waals surface area contributed by atoms with E-state index in [-0.39, 0.29) is 10.9 Å². The van der Waals surface area contributed by atoms with Gasteiger partial charge in [-0.25, -0.2) is 18.5 Å². The normalized spacial score (nSPS) is 12.7. The minimum Gasteiger partial charge on any atom is -0.358 e. The Hall–Kier alpha value is -2.22. The average Bonchev–Trinajstić information content (AvgIpc) is 3.14. The lowest BCUT2D eigenvalue weighted by atomic mass is 10.0. The second kappa shape index (κ2) is 7.35. The van der Waals surface area contributed by atoms with Crippen molar-refractivity contribution in [2.45, 2.75) is 24.3 Å². The number of hydrogen-bond acceptors (Lipinski definition) is 5. The molecular weight excluding hydrogens is 354 g/mol. The maximum Gasteiger partial charge on any atom is 0.239 e. The number of hydrogen-bond donors (Lipinski definition) is 2. The summed E-state index contributed by atoms with van der Waals surface area (Å²) in [5, 5.41) is 10.5. The lowest BCUT2D eigenvalue weighted by molar-refractivity contribution is 0.597. The summed E-state index contributed by atoms with van der Waals surface area (Å²) in [4.78, 5) is 5.34. The van der Waals surface area contributed by atoms with Gasteiger partial charge in [-0.05, 0) is 41.1 Å². The predicted molar refractivity (Wildman–Crippen MR) is 101 cm³/mol. The zero-order valence-electron chi connectivity index (χ0n) is 13.7. The maximum atomic E-state index is 11.4. The van der Waals surface area contributed by atoms with Crippen molar-refractivity contribution in [1.82, 2.24) is 4.98 Å². The Labute approximate surface area is 151 Å². The number of nitrogens with one attached hydrogen (secondary N) is 1. The van der Waals surface area contributed by atoms with Gasteiger partial charge in [0.15, 0.2) is 0 Å². The second-order valence-electron chi connectivity index (χ2n) is 5.61. The number of thiophene rings is 1. The third-order valence-corrected chi connectivity index (χ3v) is 5.74. The van der Waals surface area contributed by atoms with Gasteiger partial charge in [0.2, 0.25) is 10.0 Å². The second-order valence-corrected chi connectivity index (χ2v) is 8.15. The minimum atomic E-state index is -3.74. The molecule has 0 fully saturated rings. The van der Waals surface area contributed by atoms with Gasteiger partial charge in [0.1, 0.15) is 10.7 Å². The molecule has 0 aliphatic carbocycles. The van der Waals surface area contributed by atoms with Crippen molar-refractivity contribution in [3.05, 3.63) is 76.1 Å². The standard InChI is InChI=1S/C18H19N3O2S2/c1-2-13-5-7-14(8-6-13)18(16-4-3-11-24-16)21-17-10-9-15(12-20-17)25(19,22)23/h3-12,18H,2H2,1H3,(H,20,21)(H2,19,22,23)/t18-/m0/s1. The van der Waals surface area contributed by atoms with Crippen LogP contribution < -0.4 is 10.5 Å². The highest BCUT2D eigenvalue weighted by atomic mass is 32.2. The van der Waals surface area contributed by atoms with Gasteiger partial charge < -0.3 is 5.32 Å². The number of anilines is 1. The molecular formula is C18H19N3O2S2. The lowest BCUT2D eigenvalue weighted by Crippen LogP contribution is -2.14. The number of pyridine rings is 1. The summed E-state index contributed by atoms with van der Waals surface area (Å²) in [5.41, 5.74) is 2.40. The fraction of sp³-hybridized carbons (Fsp3) is 0.167. The van der Waals surface area contributed by atoms with Crippen molar-refractivity contribution < 1.29 is 8.42 Å². The van der Waals surface area contributed by atoms with Gasteiger partial charge in [-0.15, -0.1) is 11.3 Å². The molecule has 0 spiro atoms. The Bertz CT molecular complexity index is 919. The van der Waals surface area contributed by atoms with E-state index in [0.717, 1.165) is 16.9 Å². The van der Waals surface area contributed by atoms with E-state index in [2.05, 4.69) is 47.6 Å². The van der Waals surface area contributed by atoms with Crippen LogP contribution in [0, 0.1) is 0 Å². The van der Waals surface area contributed by atoms with Crippen molar-refractivity contribution in [3.63, 3.8) is 0 Å². The smallest absolute Gasteiger partial charge is 0.239 e. The molecule has 2 aromatic heterocycles. The third kappa shape index (κ3) is 4.25. The third-order valence-electron chi connectivity index (χ3n) is 3.91. The largest absolute Gasteiger partial charge is 0.358 e. The Morgan fingerprint density at radius 2 is 1.92 bits per heavy atom. The molecule has 3 rings (SSSR count). The Balaban J connectivity index is 1.90. The first-order valence-corrected chi connectivity index (χ1v) is 10.3. The molecule has 3 N–H and O–H groups in total. The molecule has 130 valence electrons. The van der Waals surface area contributed by atoms with E-state index in [1.165, 1.54) is 17.8 Å². The van der Waals surface area contributed by atoms with E-state index >= 15 is 0 Å². The van der Waals surface area contributed by atoms with Crippen molar-refractivity contribution >= 4 is 27.2 Å². The van der Waals surface area contributed by atoms with E-state index in [4.69, 9.17) is 5.14 Å². The monoisotopic (exact) mass is 373 g/mol. The van der Waals surface area contributed by atoms with Crippen molar-refractivity contribution in [1.29, 1.82) is 0 Å². The summed E-state index contributed by atoms with van der Waals surface area (Å²) < 4.78 is 22.7. The Kier molecular flexibility index (Phi) is 5.17. The van der Waals surface area contributed by atoms with E-state index in [1.54, 1.807) is 17.4 Å². The highest BCUT2D eigenvalue weighted by Crippen LogP contribution is 2.29. The van der Waals surface area contributed by atoms with Crippen LogP contribution in [0.2, 0.25) is 0 Å². The molecule has 0 aliphatic heterocycles. The summed E-state index contributed by atoms with van der Waals surface area (Å²) in [6, 6.07) is 15.5. The first-order valence-electron chi connectivity index (χ1n) is 7.85. The van der Waals surface area contributed by atoms with Gasteiger partial charge in [0.25, 0.3) is 0 Å². The van der Waals surface area contributed by atoms with Crippen LogP contribution in [-0.4, -0.2) is 13.4 Å². The van der Waals surface area contributed by atoms with Crippen molar-refractivity contribution in [3.8, 4) is 0 Å². The molecule has 0 bridgehead atoms. The Morgan fingerprint density at radius 1 is 1.16 bits per heavy atom. The number of rotatable bonds is 6. The zero-order valence-corrected chi connectivity index (χ0v) is 15.3. The molecule has 0 saturated carbocycles. The fourth-order valence-electron chi connectivity index (χ4n) is 2.50. The van der Waals surface area contributed by atoms with Crippen LogP contribution in [0.1, 0.15) is 29.0 Å². The number of aromatic nitrogens is 1. The summed E-state index contributed by atoms with van der Waals surface area (Å²) in [7, 11) is -3.74. The van der Waals surface area contributed by atoms with E-state index in [9.17, 15) is 8.42 Å². The van der Waals surface area contributed by atoms with E-state index < -0.39 is 10.0 Å². The summed E-state index contributed by atoms with van der Waals surface area (Å²) in [5.74, 6) is 0.588. The quantitative estimate of drug-likeness (QED) is 0.692. The zero-order chi connectivity index (χ0) is 17.9. The SMILES string of the molecule is CCc1ccc([C@H](Nc2ccc(S(N)(=O)=O)cn2)c2cccs2)cc1. The van der Waals surface area contributed by atoms with Gasteiger partial charge in [-0.2, -0.15) is 0 Å². The van der Waals surface area contributed by atoms with Crippen LogP contribution in [0.3, 0.4) is 0 Å². The topological polar surface area (TPSA) is 85.1 Å².